The van der Waals surface area contributed by atoms with E-state index in [9.17, 15) is 27.9 Å². The Morgan fingerprint density at radius 2 is 1.85 bits per heavy atom. The molecule has 2 atom stereocenters. The van der Waals surface area contributed by atoms with Crippen molar-refractivity contribution in [2.24, 2.45) is 11.8 Å². The first kappa shape index (κ1) is 19.7. The Kier molecular flexibility index (Phi) is 5.77. The predicted octanol–water partition coefficient (Wildman–Crippen LogP) is 4.12. The van der Waals surface area contributed by atoms with Crippen LogP contribution in [0.25, 0.3) is 0 Å². The number of carbonyl (C=O) groups excluding carboxylic acids is 2. The van der Waals surface area contributed by atoms with Crippen molar-refractivity contribution in [2.45, 2.75) is 63.6 Å². The molecule has 1 heterocycles. The highest BCUT2D eigenvalue weighted by atomic mass is 19.4. The average Bonchev–Trinajstić information content (AvgIpc) is 3.08. The zero-order chi connectivity index (χ0) is 19.6. The van der Waals surface area contributed by atoms with Crippen LogP contribution in [0.15, 0.2) is 18.2 Å². The number of phenolic OH excluding ortho intramolecular Hbond substituents is 1. The number of benzene rings is 1. The molecule has 1 N–H and O–H groups in total. The van der Waals surface area contributed by atoms with Gasteiger partial charge in [0.1, 0.15) is 17.8 Å². The van der Waals surface area contributed by atoms with E-state index in [-0.39, 0.29) is 23.7 Å². The molecule has 0 radical (unpaired) electrons. The topological polar surface area (TPSA) is 63.6 Å². The molecule has 0 spiro atoms. The molecular weight excluding hydrogens is 361 g/mol. The largest absolute Gasteiger partial charge is 0.508 e. The highest BCUT2D eigenvalue weighted by Crippen LogP contribution is 2.36. The zero-order valence-electron chi connectivity index (χ0n) is 14.9. The van der Waals surface area contributed by atoms with Crippen molar-refractivity contribution in [1.29, 1.82) is 0 Å². The molecule has 1 aromatic rings. The molecule has 4 nitrogen and oxygen atoms in total. The van der Waals surface area contributed by atoms with Crippen molar-refractivity contribution in [3.8, 4) is 5.75 Å². The van der Waals surface area contributed by atoms with Crippen molar-refractivity contribution >= 4 is 11.8 Å². The molecule has 0 bridgehead atoms. The van der Waals surface area contributed by atoms with E-state index in [2.05, 4.69) is 0 Å². The van der Waals surface area contributed by atoms with Crippen LogP contribution in [0.1, 0.15) is 49.7 Å². The standard InChI is InChI=1S/C20H23F3O4/c21-20(22,23)11-14-9-12(6-8-16(14)24)5-7-15-10-17(25)18(19(26)27-15)13-3-1-2-4-13/h6,8-9,13,15,18,24H,1-5,7,10-11H2. The number of carbonyl (C=O) groups is 2. The first-order chi connectivity index (χ1) is 12.7. The lowest BCUT2D eigenvalue weighted by molar-refractivity contribution is -0.167. The fourth-order valence-electron chi connectivity index (χ4n) is 4.15. The van der Waals surface area contributed by atoms with Gasteiger partial charge in [-0.25, -0.2) is 0 Å². The Balaban J connectivity index is 1.58. The molecule has 3 rings (SSSR count). The number of ketones is 1. The lowest BCUT2D eigenvalue weighted by atomic mass is 9.83. The van der Waals surface area contributed by atoms with Gasteiger partial charge in [-0.3, -0.25) is 9.59 Å². The summed E-state index contributed by atoms with van der Waals surface area (Å²) in [4.78, 5) is 24.7. The van der Waals surface area contributed by atoms with Crippen LogP contribution >= 0.6 is 0 Å². The van der Waals surface area contributed by atoms with Gasteiger partial charge in [0, 0.05) is 12.0 Å². The van der Waals surface area contributed by atoms with Crippen LogP contribution < -0.4 is 0 Å². The molecule has 1 aliphatic carbocycles. The third-order valence-electron chi connectivity index (χ3n) is 5.47. The van der Waals surface area contributed by atoms with Gasteiger partial charge in [0.2, 0.25) is 0 Å². The number of esters is 1. The summed E-state index contributed by atoms with van der Waals surface area (Å²) in [5.41, 5.74) is 0.423. The Hall–Kier alpha value is -2.05. The van der Waals surface area contributed by atoms with E-state index in [1.54, 1.807) is 6.07 Å². The van der Waals surface area contributed by atoms with Gasteiger partial charge in [-0.05, 0) is 43.2 Å². The number of cyclic esters (lactones) is 1. The molecule has 2 aliphatic rings. The third kappa shape index (κ3) is 5.02. The minimum atomic E-state index is -4.41. The third-order valence-corrected chi connectivity index (χ3v) is 5.47. The van der Waals surface area contributed by atoms with Gasteiger partial charge in [0.05, 0.1) is 6.42 Å². The predicted molar refractivity (Wildman–Crippen MR) is 91.1 cm³/mol. The Morgan fingerprint density at radius 1 is 1.15 bits per heavy atom. The van der Waals surface area contributed by atoms with E-state index < -0.39 is 36.3 Å². The average molecular weight is 384 g/mol. The van der Waals surface area contributed by atoms with Crippen LogP contribution in [-0.4, -0.2) is 29.1 Å². The van der Waals surface area contributed by atoms with Gasteiger partial charge in [-0.1, -0.05) is 25.0 Å². The van der Waals surface area contributed by atoms with Gasteiger partial charge < -0.3 is 9.84 Å². The Morgan fingerprint density at radius 3 is 2.48 bits per heavy atom. The van der Waals surface area contributed by atoms with Gasteiger partial charge in [0.15, 0.2) is 5.78 Å². The van der Waals surface area contributed by atoms with Gasteiger partial charge in [-0.2, -0.15) is 13.2 Å². The van der Waals surface area contributed by atoms with E-state index in [4.69, 9.17) is 4.74 Å². The second-order valence-corrected chi connectivity index (χ2v) is 7.55. The number of halogens is 3. The van der Waals surface area contributed by atoms with Gasteiger partial charge in [-0.15, -0.1) is 0 Å². The number of Topliss-reactive ketones (excluding diaryl/α,β-unsaturated/α-hetero) is 1. The summed E-state index contributed by atoms with van der Waals surface area (Å²) in [6.45, 7) is 0. The summed E-state index contributed by atoms with van der Waals surface area (Å²) in [6, 6.07) is 4.10. The summed E-state index contributed by atoms with van der Waals surface area (Å²) in [7, 11) is 0. The number of hydrogen-bond acceptors (Lipinski definition) is 4. The molecule has 1 saturated heterocycles. The Labute approximate surface area is 155 Å². The van der Waals surface area contributed by atoms with Crippen molar-refractivity contribution in [2.75, 3.05) is 0 Å². The highest BCUT2D eigenvalue weighted by Gasteiger charge is 2.42. The van der Waals surface area contributed by atoms with Crippen LogP contribution in [0.5, 0.6) is 5.75 Å². The summed E-state index contributed by atoms with van der Waals surface area (Å²) in [6.07, 6.45) is -1.42. The zero-order valence-corrected chi connectivity index (χ0v) is 14.9. The molecular formula is C20H23F3O4. The van der Waals surface area contributed by atoms with Crippen LogP contribution in [0.2, 0.25) is 0 Å². The maximum atomic E-state index is 12.6. The molecule has 0 aromatic heterocycles. The first-order valence-electron chi connectivity index (χ1n) is 9.33. The van der Waals surface area contributed by atoms with E-state index in [1.807, 2.05) is 0 Å². The molecule has 27 heavy (non-hydrogen) atoms. The number of aryl methyl sites for hydroxylation is 1. The van der Waals surface area contributed by atoms with Crippen LogP contribution in [0, 0.1) is 11.8 Å². The van der Waals surface area contributed by atoms with Crippen LogP contribution in [0.3, 0.4) is 0 Å². The molecule has 1 saturated carbocycles. The molecule has 1 aliphatic heterocycles. The van der Waals surface area contributed by atoms with Crippen molar-refractivity contribution in [3.63, 3.8) is 0 Å². The number of rotatable bonds is 5. The lowest BCUT2D eigenvalue weighted by Crippen LogP contribution is -2.41. The Bertz CT molecular complexity index is 690. The monoisotopic (exact) mass is 384 g/mol. The second-order valence-electron chi connectivity index (χ2n) is 7.55. The lowest BCUT2D eigenvalue weighted by Gasteiger charge is -2.30. The highest BCUT2D eigenvalue weighted by molar-refractivity contribution is 6.01. The van der Waals surface area contributed by atoms with E-state index >= 15 is 0 Å². The maximum absolute atomic E-state index is 12.6. The minimum Gasteiger partial charge on any atom is -0.508 e. The summed E-state index contributed by atoms with van der Waals surface area (Å²) in [5.74, 6) is -1.48. The number of ether oxygens (including phenoxy) is 1. The smallest absolute Gasteiger partial charge is 0.393 e. The summed E-state index contributed by atoms with van der Waals surface area (Å²) >= 11 is 0. The number of hydrogen-bond donors (Lipinski definition) is 1. The summed E-state index contributed by atoms with van der Waals surface area (Å²) < 4.78 is 43.2. The molecule has 1 aromatic carbocycles. The number of alkyl halides is 3. The fraction of sp³-hybridized carbons (Fsp3) is 0.600. The molecule has 7 heteroatoms. The second kappa shape index (κ2) is 7.90. The minimum absolute atomic E-state index is 0.0772. The maximum Gasteiger partial charge on any atom is 0.393 e. The quantitative estimate of drug-likeness (QED) is 0.613. The molecule has 2 fully saturated rings. The van der Waals surface area contributed by atoms with Gasteiger partial charge >= 0.3 is 12.1 Å². The normalized spacial score (nSPS) is 24.3. The van der Waals surface area contributed by atoms with E-state index in [0.717, 1.165) is 25.7 Å². The molecule has 148 valence electrons. The molecule has 0 amide bonds. The van der Waals surface area contributed by atoms with Crippen LogP contribution in [0.4, 0.5) is 13.2 Å². The van der Waals surface area contributed by atoms with E-state index in [1.165, 1.54) is 12.1 Å². The van der Waals surface area contributed by atoms with E-state index in [0.29, 0.717) is 18.4 Å². The van der Waals surface area contributed by atoms with Crippen molar-refractivity contribution in [3.05, 3.63) is 29.3 Å². The SMILES string of the molecule is O=C1CC(CCc2ccc(O)c(CC(F)(F)F)c2)OC(=O)C1C1CCCC1. The molecule has 2 unspecified atom stereocenters. The van der Waals surface area contributed by atoms with Crippen molar-refractivity contribution in [1.82, 2.24) is 0 Å². The fourth-order valence-corrected chi connectivity index (χ4v) is 4.15. The number of aromatic hydroxyl groups is 1. The van der Waals surface area contributed by atoms with Crippen LogP contribution in [-0.2, 0) is 27.2 Å². The summed E-state index contributed by atoms with van der Waals surface area (Å²) in [5, 5.41) is 9.60. The first-order valence-corrected chi connectivity index (χ1v) is 9.33. The van der Waals surface area contributed by atoms with Gasteiger partial charge in [0.25, 0.3) is 0 Å². The van der Waals surface area contributed by atoms with Crippen molar-refractivity contribution < 1.29 is 32.6 Å². The number of phenols is 1.